The van der Waals surface area contributed by atoms with E-state index in [2.05, 4.69) is 12.2 Å². The Balaban J connectivity index is 1.54. The molecule has 2 rings (SSSR count). The summed E-state index contributed by atoms with van der Waals surface area (Å²) in [5.41, 5.74) is 0. The Morgan fingerprint density at radius 1 is 1.14 bits per heavy atom. The molecule has 0 bridgehead atoms. The van der Waals surface area contributed by atoms with E-state index in [1.165, 1.54) is 25.7 Å². The predicted molar refractivity (Wildman–Crippen MR) is 84.2 cm³/mol. The molecule has 0 aromatic rings. The summed E-state index contributed by atoms with van der Waals surface area (Å²) in [5.74, 6) is 1.79. The van der Waals surface area contributed by atoms with E-state index in [1.807, 2.05) is 0 Å². The monoisotopic (exact) mass is 299 g/mol. The topological polar surface area (TPSA) is 61.7 Å². The second-order valence-electron chi connectivity index (χ2n) is 7.17. The Bertz CT molecular complexity index is 287. The molecule has 4 heteroatoms. The van der Waals surface area contributed by atoms with Gasteiger partial charge >= 0.3 is 0 Å². The summed E-state index contributed by atoms with van der Waals surface area (Å²) < 4.78 is 5.85. The molecule has 2 aliphatic carbocycles. The Labute approximate surface area is 129 Å². The van der Waals surface area contributed by atoms with E-state index in [9.17, 15) is 10.2 Å². The Morgan fingerprint density at radius 2 is 1.90 bits per heavy atom. The summed E-state index contributed by atoms with van der Waals surface area (Å²) in [6.07, 6.45) is 8.35. The van der Waals surface area contributed by atoms with Crippen molar-refractivity contribution in [2.75, 3.05) is 26.3 Å². The van der Waals surface area contributed by atoms with Crippen LogP contribution in [0.4, 0.5) is 0 Å². The van der Waals surface area contributed by atoms with Crippen molar-refractivity contribution in [3.63, 3.8) is 0 Å². The van der Waals surface area contributed by atoms with Gasteiger partial charge in [0.2, 0.25) is 0 Å². The molecule has 0 spiro atoms. The van der Waals surface area contributed by atoms with Crippen LogP contribution in [0.1, 0.15) is 51.9 Å². The second-order valence-corrected chi connectivity index (χ2v) is 7.17. The van der Waals surface area contributed by atoms with Crippen molar-refractivity contribution in [2.24, 2.45) is 17.8 Å². The molecule has 2 fully saturated rings. The van der Waals surface area contributed by atoms with Crippen molar-refractivity contribution in [2.45, 2.75) is 64.1 Å². The highest BCUT2D eigenvalue weighted by atomic mass is 16.5. The summed E-state index contributed by atoms with van der Waals surface area (Å²) in [6, 6.07) is 0. The molecule has 21 heavy (non-hydrogen) atoms. The number of rotatable bonds is 8. The van der Waals surface area contributed by atoms with E-state index in [-0.39, 0.29) is 0 Å². The van der Waals surface area contributed by atoms with Crippen LogP contribution in [-0.4, -0.2) is 48.7 Å². The second kappa shape index (κ2) is 9.09. The number of aliphatic hydroxyl groups is 2. The normalized spacial score (nSPS) is 35.0. The molecule has 3 N–H and O–H groups in total. The molecule has 0 aliphatic heterocycles. The predicted octanol–water partition coefficient (Wildman–Crippen LogP) is 1.94. The van der Waals surface area contributed by atoms with Crippen LogP contribution >= 0.6 is 0 Å². The fraction of sp³-hybridized carbons (Fsp3) is 1.00. The number of hydrogen-bond acceptors (Lipinski definition) is 4. The van der Waals surface area contributed by atoms with Gasteiger partial charge in [-0.2, -0.15) is 0 Å². The zero-order chi connectivity index (χ0) is 15.1. The Kier molecular flexibility index (Phi) is 7.44. The number of nitrogens with one attached hydrogen (secondary N) is 1. The third-order valence-corrected chi connectivity index (χ3v) is 5.25. The van der Waals surface area contributed by atoms with Gasteiger partial charge in [-0.25, -0.2) is 0 Å². The quantitative estimate of drug-likeness (QED) is 0.641. The molecule has 0 heterocycles. The first-order chi connectivity index (χ1) is 10.2. The largest absolute Gasteiger partial charge is 0.396 e. The van der Waals surface area contributed by atoms with Crippen LogP contribution in [0.2, 0.25) is 0 Å². The fourth-order valence-corrected chi connectivity index (χ4v) is 3.89. The number of aliphatic hydroxyl groups excluding tert-OH is 2. The lowest BCUT2D eigenvalue weighted by molar-refractivity contribution is -0.0308. The van der Waals surface area contributed by atoms with Gasteiger partial charge in [-0.1, -0.05) is 26.2 Å². The Hall–Kier alpha value is -0.160. The lowest BCUT2D eigenvalue weighted by Gasteiger charge is -2.27. The highest BCUT2D eigenvalue weighted by molar-refractivity contribution is 4.79. The smallest absolute Gasteiger partial charge is 0.0897 e. The molecule has 0 aromatic heterocycles. The minimum absolute atomic E-state index is 0.303. The summed E-state index contributed by atoms with van der Waals surface area (Å²) in [7, 11) is 0. The summed E-state index contributed by atoms with van der Waals surface area (Å²) in [6.45, 7) is 4.53. The van der Waals surface area contributed by atoms with Gasteiger partial charge in [0.25, 0.3) is 0 Å². The average Bonchev–Trinajstić information content (AvgIpc) is 2.93. The zero-order valence-corrected chi connectivity index (χ0v) is 13.5. The maximum Gasteiger partial charge on any atom is 0.0897 e. The molecular formula is C17H33NO3. The molecule has 2 saturated carbocycles. The van der Waals surface area contributed by atoms with Gasteiger partial charge in [-0.15, -0.1) is 0 Å². The van der Waals surface area contributed by atoms with E-state index >= 15 is 0 Å². The first-order valence-electron chi connectivity index (χ1n) is 8.80. The molecule has 0 saturated heterocycles. The molecule has 124 valence electrons. The van der Waals surface area contributed by atoms with E-state index in [4.69, 9.17) is 4.74 Å². The SMILES string of the molecule is CC1CCCC(OCC(O)CNCC2CCCC2CO)C1. The van der Waals surface area contributed by atoms with Gasteiger partial charge in [0.05, 0.1) is 18.8 Å². The Morgan fingerprint density at radius 3 is 2.67 bits per heavy atom. The van der Waals surface area contributed by atoms with Crippen LogP contribution in [0.15, 0.2) is 0 Å². The maximum absolute atomic E-state index is 10.0. The zero-order valence-electron chi connectivity index (χ0n) is 13.5. The van der Waals surface area contributed by atoms with Gasteiger partial charge in [-0.3, -0.25) is 0 Å². The van der Waals surface area contributed by atoms with Crippen LogP contribution < -0.4 is 5.32 Å². The standard InChI is InChI=1S/C17H33NO3/c1-13-4-2-7-17(8-13)21-12-16(20)10-18-9-14-5-3-6-15(14)11-19/h13-20H,2-12H2,1H3. The van der Waals surface area contributed by atoms with Gasteiger partial charge in [0, 0.05) is 13.2 Å². The minimum Gasteiger partial charge on any atom is -0.396 e. The lowest BCUT2D eigenvalue weighted by atomic mass is 9.89. The maximum atomic E-state index is 10.0. The van der Waals surface area contributed by atoms with Crippen molar-refractivity contribution in [3.8, 4) is 0 Å². The molecule has 0 amide bonds. The lowest BCUT2D eigenvalue weighted by Crippen LogP contribution is -2.36. The fourth-order valence-electron chi connectivity index (χ4n) is 3.89. The summed E-state index contributed by atoms with van der Waals surface area (Å²) >= 11 is 0. The first kappa shape index (κ1) is 17.2. The van der Waals surface area contributed by atoms with Gasteiger partial charge in [0.1, 0.15) is 0 Å². The van der Waals surface area contributed by atoms with Crippen LogP contribution in [0, 0.1) is 17.8 Å². The minimum atomic E-state index is -0.420. The van der Waals surface area contributed by atoms with Gasteiger partial charge in [-0.05, 0) is 50.0 Å². The summed E-state index contributed by atoms with van der Waals surface area (Å²) in [4.78, 5) is 0. The first-order valence-corrected chi connectivity index (χ1v) is 8.80. The van der Waals surface area contributed by atoms with Gasteiger partial charge in [0.15, 0.2) is 0 Å². The molecular weight excluding hydrogens is 266 g/mol. The third-order valence-electron chi connectivity index (χ3n) is 5.25. The van der Waals surface area contributed by atoms with Crippen molar-refractivity contribution in [1.82, 2.24) is 5.32 Å². The summed E-state index contributed by atoms with van der Waals surface area (Å²) in [5, 5.41) is 22.7. The van der Waals surface area contributed by atoms with Gasteiger partial charge < -0.3 is 20.3 Å². The molecule has 5 unspecified atom stereocenters. The average molecular weight is 299 g/mol. The molecule has 4 nitrogen and oxygen atoms in total. The van der Waals surface area contributed by atoms with Crippen molar-refractivity contribution >= 4 is 0 Å². The highest BCUT2D eigenvalue weighted by Crippen LogP contribution is 2.30. The third kappa shape index (κ3) is 5.85. The van der Waals surface area contributed by atoms with Crippen molar-refractivity contribution < 1.29 is 14.9 Å². The van der Waals surface area contributed by atoms with E-state index in [0.717, 1.165) is 31.7 Å². The van der Waals surface area contributed by atoms with Crippen LogP contribution in [0.25, 0.3) is 0 Å². The molecule has 5 atom stereocenters. The van der Waals surface area contributed by atoms with Crippen molar-refractivity contribution in [1.29, 1.82) is 0 Å². The van der Waals surface area contributed by atoms with E-state index in [0.29, 0.717) is 37.7 Å². The number of ether oxygens (including phenoxy) is 1. The van der Waals surface area contributed by atoms with Crippen LogP contribution in [-0.2, 0) is 4.74 Å². The molecule has 0 radical (unpaired) electrons. The highest BCUT2D eigenvalue weighted by Gasteiger charge is 2.26. The van der Waals surface area contributed by atoms with Crippen molar-refractivity contribution in [3.05, 3.63) is 0 Å². The van der Waals surface area contributed by atoms with Crippen LogP contribution in [0.5, 0.6) is 0 Å². The molecule has 2 aliphatic rings. The van der Waals surface area contributed by atoms with E-state index in [1.54, 1.807) is 0 Å². The van der Waals surface area contributed by atoms with E-state index < -0.39 is 6.10 Å². The molecule has 0 aromatic carbocycles. The number of hydrogen-bond donors (Lipinski definition) is 3. The van der Waals surface area contributed by atoms with Crippen LogP contribution in [0.3, 0.4) is 0 Å².